The Bertz CT molecular complexity index is 499. The fourth-order valence-corrected chi connectivity index (χ4v) is 2.73. The molecule has 1 aromatic rings. The van der Waals surface area contributed by atoms with Crippen molar-refractivity contribution < 1.29 is 13.2 Å². The fourth-order valence-electron chi connectivity index (χ4n) is 1.99. The number of rotatable bonds is 7. The van der Waals surface area contributed by atoms with E-state index < -0.39 is 15.1 Å². The van der Waals surface area contributed by atoms with Crippen LogP contribution in [0.5, 0.6) is 5.75 Å². The van der Waals surface area contributed by atoms with Crippen LogP contribution in [0, 0.1) is 0 Å². The molecule has 19 heavy (non-hydrogen) atoms. The first-order chi connectivity index (χ1) is 8.90. The van der Waals surface area contributed by atoms with E-state index >= 15 is 0 Å². The van der Waals surface area contributed by atoms with Gasteiger partial charge in [-0.15, -0.1) is 0 Å². The van der Waals surface area contributed by atoms with E-state index in [-0.39, 0.29) is 6.04 Å². The van der Waals surface area contributed by atoms with Gasteiger partial charge in [0.1, 0.15) is 5.75 Å². The Kier molecular flexibility index (Phi) is 5.82. The van der Waals surface area contributed by atoms with Crippen molar-refractivity contribution in [3.63, 3.8) is 0 Å². The highest BCUT2D eigenvalue weighted by molar-refractivity contribution is 7.91. The first kappa shape index (κ1) is 16.0. The van der Waals surface area contributed by atoms with Crippen LogP contribution in [0.4, 0.5) is 0 Å². The largest absolute Gasteiger partial charge is 0.494 e. The van der Waals surface area contributed by atoms with Gasteiger partial charge in [-0.05, 0) is 38.1 Å². The molecule has 1 rings (SSSR count). The minimum atomic E-state index is -3.10. The normalized spacial score (nSPS) is 14.9. The summed E-state index contributed by atoms with van der Waals surface area (Å²) < 4.78 is 29.0. The molecule has 0 saturated heterocycles. The number of hydrogen-bond acceptors (Lipinski definition) is 4. The summed E-state index contributed by atoms with van der Waals surface area (Å²) in [4.78, 5) is 0. The Morgan fingerprint density at radius 3 is 2.53 bits per heavy atom. The average molecular weight is 285 g/mol. The SMILES string of the molecule is CCNC(c1cccc(OCC)c1)C(C)S(C)(=O)=O. The van der Waals surface area contributed by atoms with Gasteiger partial charge in [-0.1, -0.05) is 19.1 Å². The van der Waals surface area contributed by atoms with Gasteiger partial charge in [0.25, 0.3) is 0 Å². The lowest BCUT2D eigenvalue weighted by Crippen LogP contribution is -2.34. The number of ether oxygens (including phenoxy) is 1. The highest BCUT2D eigenvalue weighted by Gasteiger charge is 2.26. The van der Waals surface area contributed by atoms with Crippen LogP contribution in [0.2, 0.25) is 0 Å². The summed E-state index contributed by atoms with van der Waals surface area (Å²) in [6.45, 7) is 6.93. The second kappa shape index (κ2) is 6.91. The highest BCUT2D eigenvalue weighted by Crippen LogP contribution is 2.25. The molecule has 1 N–H and O–H groups in total. The molecule has 0 aliphatic heterocycles. The van der Waals surface area contributed by atoms with Gasteiger partial charge in [0.15, 0.2) is 9.84 Å². The van der Waals surface area contributed by atoms with E-state index in [4.69, 9.17) is 4.74 Å². The van der Waals surface area contributed by atoms with Crippen LogP contribution in [-0.4, -0.2) is 33.1 Å². The summed E-state index contributed by atoms with van der Waals surface area (Å²) in [5, 5.41) is 2.76. The molecule has 0 heterocycles. The van der Waals surface area contributed by atoms with Crippen LogP contribution in [0.25, 0.3) is 0 Å². The molecule has 0 aromatic heterocycles. The lowest BCUT2D eigenvalue weighted by Gasteiger charge is -2.24. The Balaban J connectivity index is 3.08. The van der Waals surface area contributed by atoms with Crippen molar-refractivity contribution in [2.24, 2.45) is 0 Å². The molecule has 0 aliphatic carbocycles. The monoisotopic (exact) mass is 285 g/mol. The van der Waals surface area contributed by atoms with Crippen molar-refractivity contribution in [3.05, 3.63) is 29.8 Å². The molecule has 2 atom stereocenters. The zero-order valence-electron chi connectivity index (χ0n) is 12.0. The van der Waals surface area contributed by atoms with Gasteiger partial charge in [0, 0.05) is 12.3 Å². The minimum absolute atomic E-state index is 0.222. The number of benzene rings is 1. The maximum Gasteiger partial charge on any atom is 0.151 e. The van der Waals surface area contributed by atoms with Gasteiger partial charge in [0.05, 0.1) is 11.9 Å². The molecule has 0 saturated carbocycles. The van der Waals surface area contributed by atoms with Crippen molar-refractivity contribution >= 4 is 9.84 Å². The maximum atomic E-state index is 11.8. The van der Waals surface area contributed by atoms with E-state index in [1.165, 1.54) is 6.26 Å². The lowest BCUT2D eigenvalue weighted by atomic mass is 10.0. The summed E-state index contributed by atoms with van der Waals surface area (Å²) in [6.07, 6.45) is 1.27. The zero-order valence-corrected chi connectivity index (χ0v) is 12.8. The first-order valence-electron chi connectivity index (χ1n) is 6.55. The van der Waals surface area contributed by atoms with Gasteiger partial charge in [-0.3, -0.25) is 0 Å². The van der Waals surface area contributed by atoms with Crippen molar-refractivity contribution in [2.75, 3.05) is 19.4 Å². The van der Waals surface area contributed by atoms with E-state index in [0.29, 0.717) is 13.2 Å². The second-order valence-electron chi connectivity index (χ2n) is 4.58. The van der Waals surface area contributed by atoms with Crippen molar-refractivity contribution in [3.8, 4) is 5.75 Å². The summed E-state index contributed by atoms with van der Waals surface area (Å²) in [5.74, 6) is 0.767. The van der Waals surface area contributed by atoms with Crippen LogP contribution in [0.3, 0.4) is 0 Å². The first-order valence-corrected chi connectivity index (χ1v) is 8.50. The molecular weight excluding hydrogens is 262 g/mol. The third-order valence-electron chi connectivity index (χ3n) is 3.10. The summed E-state index contributed by atoms with van der Waals surface area (Å²) in [7, 11) is -3.10. The quantitative estimate of drug-likeness (QED) is 0.834. The molecule has 108 valence electrons. The molecule has 0 spiro atoms. The molecule has 2 unspecified atom stereocenters. The topological polar surface area (TPSA) is 55.4 Å². The van der Waals surface area contributed by atoms with E-state index in [1.807, 2.05) is 38.1 Å². The van der Waals surface area contributed by atoms with Gasteiger partial charge >= 0.3 is 0 Å². The summed E-state index contributed by atoms with van der Waals surface area (Å²) in [5.41, 5.74) is 0.936. The Hall–Kier alpha value is -1.07. The van der Waals surface area contributed by atoms with Crippen LogP contribution >= 0.6 is 0 Å². The average Bonchev–Trinajstić information content (AvgIpc) is 2.35. The van der Waals surface area contributed by atoms with E-state index in [0.717, 1.165) is 11.3 Å². The predicted molar refractivity (Wildman–Crippen MR) is 78.3 cm³/mol. The summed E-state index contributed by atoms with van der Waals surface area (Å²) >= 11 is 0. The highest BCUT2D eigenvalue weighted by atomic mass is 32.2. The Morgan fingerprint density at radius 1 is 1.32 bits per heavy atom. The van der Waals surface area contributed by atoms with Crippen molar-refractivity contribution in [1.29, 1.82) is 0 Å². The third kappa shape index (κ3) is 4.51. The van der Waals surface area contributed by atoms with Crippen LogP contribution in [0.1, 0.15) is 32.4 Å². The van der Waals surface area contributed by atoms with Gasteiger partial charge < -0.3 is 10.1 Å². The number of nitrogens with one attached hydrogen (secondary N) is 1. The second-order valence-corrected chi connectivity index (χ2v) is 6.98. The van der Waals surface area contributed by atoms with Crippen LogP contribution in [0.15, 0.2) is 24.3 Å². The van der Waals surface area contributed by atoms with Gasteiger partial charge in [-0.25, -0.2) is 8.42 Å². The van der Waals surface area contributed by atoms with Crippen LogP contribution < -0.4 is 10.1 Å². The lowest BCUT2D eigenvalue weighted by molar-refractivity contribution is 0.339. The van der Waals surface area contributed by atoms with Crippen LogP contribution in [-0.2, 0) is 9.84 Å². The van der Waals surface area contributed by atoms with Crippen molar-refractivity contribution in [1.82, 2.24) is 5.32 Å². The maximum absolute atomic E-state index is 11.8. The summed E-state index contributed by atoms with van der Waals surface area (Å²) in [6, 6.07) is 7.37. The van der Waals surface area contributed by atoms with Gasteiger partial charge in [0.2, 0.25) is 0 Å². The van der Waals surface area contributed by atoms with Gasteiger partial charge in [-0.2, -0.15) is 0 Å². The molecule has 5 heteroatoms. The van der Waals surface area contributed by atoms with E-state index in [2.05, 4.69) is 5.32 Å². The molecule has 0 aliphatic rings. The molecule has 0 radical (unpaired) electrons. The minimum Gasteiger partial charge on any atom is -0.494 e. The Morgan fingerprint density at radius 2 is 2.00 bits per heavy atom. The van der Waals surface area contributed by atoms with E-state index in [1.54, 1.807) is 6.92 Å². The molecule has 0 bridgehead atoms. The van der Waals surface area contributed by atoms with E-state index in [9.17, 15) is 8.42 Å². The zero-order chi connectivity index (χ0) is 14.5. The fraction of sp³-hybridized carbons (Fsp3) is 0.571. The number of hydrogen-bond donors (Lipinski definition) is 1. The third-order valence-corrected chi connectivity index (χ3v) is 4.72. The molecule has 4 nitrogen and oxygen atoms in total. The standard InChI is InChI=1S/C14H23NO3S/c1-5-15-14(11(3)19(4,16)17)12-8-7-9-13(10-12)18-6-2/h7-11,14-15H,5-6H2,1-4H3. The predicted octanol–water partition coefficient (Wildman–Crippen LogP) is 2.17. The smallest absolute Gasteiger partial charge is 0.151 e. The molecule has 0 fully saturated rings. The molecule has 1 aromatic carbocycles. The molecule has 0 amide bonds. The Labute approximate surface area is 116 Å². The molecular formula is C14H23NO3S. The number of sulfone groups is 1. The van der Waals surface area contributed by atoms with Crippen molar-refractivity contribution in [2.45, 2.75) is 32.1 Å².